The minimum Gasteiger partial charge on any atom is -0.329 e. The van der Waals surface area contributed by atoms with E-state index in [0.717, 1.165) is 29.7 Å². The largest absolute Gasteiger partial charge is 0.329 e. The Hall–Kier alpha value is -2.37. The number of carbonyl (C=O) groups is 2. The van der Waals surface area contributed by atoms with Gasteiger partial charge in [0.2, 0.25) is 11.8 Å². The van der Waals surface area contributed by atoms with Gasteiger partial charge in [-0.1, -0.05) is 6.07 Å². The van der Waals surface area contributed by atoms with Crippen LogP contribution < -0.4 is 0 Å². The molecule has 6 nitrogen and oxygen atoms in total. The maximum atomic E-state index is 12.7. The number of hydrogen-bond acceptors (Lipinski definition) is 3. The molecule has 0 unspecified atom stereocenters. The highest BCUT2D eigenvalue weighted by atomic mass is 16.2. The Kier molecular flexibility index (Phi) is 3.14. The summed E-state index contributed by atoms with van der Waals surface area (Å²) in [5, 5.41) is 0. The lowest BCUT2D eigenvalue weighted by Crippen LogP contribution is -2.61. The van der Waals surface area contributed by atoms with Gasteiger partial charge in [-0.05, 0) is 38.3 Å². The summed E-state index contributed by atoms with van der Waals surface area (Å²) in [6.07, 6.45) is 5.58. The number of imidazole rings is 1. The van der Waals surface area contributed by atoms with Crippen LogP contribution in [0.4, 0.5) is 0 Å². The Balaban J connectivity index is 1.65. The third-order valence-electron chi connectivity index (χ3n) is 4.99. The van der Waals surface area contributed by atoms with Gasteiger partial charge in [-0.25, -0.2) is 4.98 Å². The number of rotatable bonds is 2. The number of carbonyl (C=O) groups excluding carboxylic acids is 2. The summed E-state index contributed by atoms with van der Waals surface area (Å²) >= 11 is 0. The summed E-state index contributed by atoms with van der Waals surface area (Å²) in [5.41, 5.74) is 2.81. The number of nitrogens with zero attached hydrogens (tertiary/aromatic N) is 4. The highest BCUT2D eigenvalue weighted by Crippen LogP contribution is 2.28. The normalized spacial score (nSPS) is 24.6. The third-order valence-corrected chi connectivity index (χ3v) is 4.99. The number of aryl methyl sites for hydroxylation is 1. The first-order valence-electron chi connectivity index (χ1n) is 8.10. The Morgan fingerprint density at radius 2 is 2.13 bits per heavy atom. The molecule has 4 rings (SSSR count). The van der Waals surface area contributed by atoms with Crippen LogP contribution in [0, 0.1) is 6.92 Å². The van der Waals surface area contributed by atoms with Gasteiger partial charge in [0.1, 0.15) is 17.7 Å². The molecule has 2 aromatic rings. The summed E-state index contributed by atoms with van der Waals surface area (Å²) < 4.78 is 1.97. The SMILES string of the molecule is Cc1cccn2cc(CN3C(=O)[C@H]4CCCN4C(=O)[C@@H]3C)nc12. The number of piperazine rings is 1. The monoisotopic (exact) mass is 312 g/mol. The molecule has 0 radical (unpaired) electrons. The number of hydrogen-bond donors (Lipinski definition) is 0. The van der Waals surface area contributed by atoms with Crippen LogP contribution in [-0.4, -0.2) is 49.6 Å². The van der Waals surface area contributed by atoms with Gasteiger partial charge in [0, 0.05) is 18.9 Å². The van der Waals surface area contributed by atoms with E-state index in [1.807, 2.05) is 42.8 Å². The van der Waals surface area contributed by atoms with E-state index in [-0.39, 0.29) is 17.9 Å². The van der Waals surface area contributed by atoms with Crippen LogP contribution >= 0.6 is 0 Å². The van der Waals surface area contributed by atoms with Gasteiger partial charge < -0.3 is 14.2 Å². The predicted octanol–water partition coefficient (Wildman–Crippen LogP) is 1.36. The first kappa shape index (κ1) is 14.2. The Labute approximate surface area is 134 Å². The van der Waals surface area contributed by atoms with Crippen molar-refractivity contribution in [1.29, 1.82) is 0 Å². The molecule has 23 heavy (non-hydrogen) atoms. The highest BCUT2D eigenvalue weighted by Gasteiger charge is 2.45. The third kappa shape index (κ3) is 2.12. The number of fused-ring (bicyclic) bond motifs is 2. The fourth-order valence-electron chi connectivity index (χ4n) is 3.71. The lowest BCUT2D eigenvalue weighted by Gasteiger charge is -2.40. The van der Waals surface area contributed by atoms with Gasteiger partial charge in [0.15, 0.2) is 0 Å². The average Bonchev–Trinajstić information content (AvgIpc) is 3.17. The predicted molar refractivity (Wildman–Crippen MR) is 84.7 cm³/mol. The molecular formula is C17H20N4O2. The molecule has 2 amide bonds. The molecule has 2 fully saturated rings. The zero-order chi connectivity index (χ0) is 16.1. The van der Waals surface area contributed by atoms with Crippen LogP contribution in [0.15, 0.2) is 24.5 Å². The van der Waals surface area contributed by atoms with E-state index in [9.17, 15) is 9.59 Å². The molecule has 2 aliphatic rings. The van der Waals surface area contributed by atoms with E-state index in [1.165, 1.54) is 0 Å². The quantitative estimate of drug-likeness (QED) is 0.841. The van der Waals surface area contributed by atoms with E-state index >= 15 is 0 Å². The molecule has 2 atom stereocenters. The summed E-state index contributed by atoms with van der Waals surface area (Å²) in [6, 6.07) is 3.31. The standard InChI is InChI=1S/C17H20N4O2/c1-11-5-3-7-19-9-13(18-15(11)19)10-21-12(2)16(22)20-8-4-6-14(20)17(21)23/h3,5,7,9,12,14H,4,6,8,10H2,1-2H3/t12-,14+/m0/s1. The molecule has 0 aliphatic carbocycles. The maximum absolute atomic E-state index is 12.7. The Morgan fingerprint density at radius 3 is 2.91 bits per heavy atom. The van der Waals surface area contributed by atoms with Crippen LogP contribution in [0.1, 0.15) is 31.0 Å². The summed E-state index contributed by atoms with van der Waals surface area (Å²) in [5.74, 6) is 0.121. The van der Waals surface area contributed by atoms with Gasteiger partial charge in [-0.2, -0.15) is 0 Å². The number of aromatic nitrogens is 2. The minimum absolute atomic E-state index is 0.0587. The molecule has 2 saturated heterocycles. The van der Waals surface area contributed by atoms with E-state index in [4.69, 9.17) is 0 Å². The fourth-order valence-corrected chi connectivity index (χ4v) is 3.71. The molecule has 0 bridgehead atoms. The molecule has 0 aromatic carbocycles. The van der Waals surface area contributed by atoms with E-state index in [1.54, 1.807) is 9.80 Å². The van der Waals surface area contributed by atoms with Crippen molar-refractivity contribution >= 4 is 17.5 Å². The molecule has 0 spiro atoms. The van der Waals surface area contributed by atoms with E-state index in [2.05, 4.69) is 4.98 Å². The average molecular weight is 312 g/mol. The van der Waals surface area contributed by atoms with Crippen molar-refractivity contribution in [2.24, 2.45) is 0 Å². The first-order chi connectivity index (χ1) is 11.1. The smallest absolute Gasteiger partial charge is 0.246 e. The molecule has 2 aromatic heterocycles. The maximum Gasteiger partial charge on any atom is 0.246 e. The van der Waals surface area contributed by atoms with Crippen molar-refractivity contribution in [3.8, 4) is 0 Å². The lowest BCUT2D eigenvalue weighted by atomic mass is 10.1. The molecule has 0 saturated carbocycles. The molecule has 4 heterocycles. The van der Waals surface area contributed by atoms with Crippen LogP contribution in [0.3, 0.4) is 0 Å². The van der Waals surface area contributed by atoms with Gasteiger partial charge in [-0.3, -0.25) is 9.59 Å². The van der Waals surface area contributed by atoms with Crippen molar-refractivity contribution in [2.45, 2.75) is 45.3 Å². The van der Waals surface area contributed by atoms with Crippen molar-refractivity contribution in [3.63, 3.8) is 0 Å². The van der Waals surface area contributed by atoms with Gasteiger partial charge in [0.05, 0.1) is 12.2 Å². The minimum atomic E-state index is -0.414. The number of amides is 2. The summed E-state index contributed by atoms with van der Waals surface area (Å²) in [6.45, 7) is 4.93. The molecular weight excluding hydrogens is 292 g/mol. The molecule has 0 N–H and O–H groups in total. The second-order valence-corrected chi connectivity index (χ2v) is 6.49. The Bertz CT molecular complexity index is 797. The van der Waals surface area contributed by atoms with Crippen LogP contribution in [0.2, 0.25) is 0 Å². The second kappa shape index (κ2) is 5.08. The lowest BCUT2D eigenvalue weighted by molar-refractivity contribution is -0.159. The van der Waals surface area contributed by atoms with Crippen molar-refractivity contribution in [2.75, 3.05) is 6.54 Å². The summed E-state index contributed by atoms with van der Waals surface area (Å²) in [4.78, 5) is 33.3. The molecule has 6 heteroatoms. The number of pyridine rings is 1. The van der Waals surface area contributed by atoms with E-state index in [0.29, 0.717) is 13.1 Å². The highest BCUT2D eigenvalue weighted by molar-refractivity contribution is 5.97. The van der Waals surface area contributed by atoms with Crippen LogP contribution in [0.25, 0.3) is 5.65 Å². The van der Waals surface area contributed by atoms with Gasteiger partial charge in [-0.15, -0.1) is 0 Å². The molecule has 2 aliphatic heterocycles. The first-order valence-corrected chi connectivity index (χ1v) is 8.10. The van der Waals surface area contributed by atoms with Crippen molar-refractivity contribution < 1.29 is 9.59 Å². The van der Waals surface area contributed by atoms with Gasteiger partial charge >= 0.3 is 0 Å². The van der Waals surface area contributed by atoms with Crippen molar-refractivity contribution in [1.82, 2.24) is 19.2 Å². The Morgan fingerprint density at radius 1 is 1.30 bits per heavy atom. The van der Waals surface area contributed by atoms with Crippen LogP contribution in [0.5, 0.6) is 0 Å². The van der Waals surface area contributed by atoms with Crippen LogP contribution in [-0.2, 0) is 16.1 Å². The zero-order valence-electron chi connectivity index (χ0n) is 13.4. The fraction of sp³-hybridized carbons (Fsp3) is 0.471. The summed E-state index contributed by atoms with van der Waals surface area (Å²) in [7, 11) is 0. The second-order valence-electron chi connectivity index (χ2n) is 6.49. The topological polar surface area (TPSA) is 57.9 Å². The van der Waals surface area contributed by atoms with Crippen molar-refractivity contribution in [3.05, 3.63) is 35.8 Å². The zero-order valence-corrected chi connectivity index (χ0v) is 13.4. The molecule has 120 valence electrons. The van der Waals surface area contributed by atoms with E-state index < -0.39 is 6.04 Å². The van der Waals surface area contributed by atoms with Gasteiger partial charge in [0.25, 0.3) is 0 Å².